The van der Waals surface area contributed by atoms with Gasteiger partial charge in [0.05, 0.1) is 11.4 Å². The monoisotopic (exact) mass is 348 g/mol. The van der Waals surface area contributed by atoms with Crippen LogP contribution in [0.3, 0.4) is 0 Å². The Labute approximate surface area is 153 Å². The molecule has 3 heterocycles. The highest BCUT2D eigenvalue weighted by molar-refractivity contribution is 5.65. The van der Waals surface area contributed by atoms with E-state index in [0.29, 0.717) is 5.95 Å². The van der Waals surface area contributed by atoms with E-state index in [0.717, 1.165) is 48.7 Å². The summed E-state index contributed by atoms with van der Waals surface area (Å²) in [5, 5.41) is 7.85. The van der Waals surface area contributed by atoms with E-state index in [-0.39, 0.29) is 0 Å². The van der Waals surface area contributed by atoms with Crippen molar-refractivity contribution < 1.29 is 0 Å². The fraction of sp³-hybridized carbons (Fsp3) is 0.350. The molecule has 0 radical (unpaired) electrons. The molecule has 26 heavy (non-hydrogen) atoms. The van der Waals surface area contributed by atoms with Crippen LogP contribution in [0.5, 0.6) is 0 Å². The van der Waals surface area contributed by atoms with E-state index in [9.17, 15) is 0 Å². The Morgan fingerprint density at radius 2 is 2.00 bits per heavy atom. The number of anilines is 2. The molecule has 0 unspecified atom stereocenters. The molecular formula is C20H24N6. The Kier molecular flexibility index (Phi) is 4.32. The van der Waals surface area contributed by atoms with Gasteiger partial charge in [-0.25, -0.2) is 9.97 Å². The minimum absolute atomic E-state index is 0.664. The minimum atomic E-state index is 0.664. The van der Waals surface area contributed by atoms with E-state index in [4.69, 9.17) is 4.98 Å². The van der Waals surface area contributed by atoms with E-state index in [1.54, 1.807) is 0 Å². The van der Waals surface area contributed by atoms with Crippen molar-refractivity contribution in [2.75, 3.05) is 29.9 Å². The highest BCUT2D eigenvalue weighted by Crippen LogP contribution is 2.27. The summed E-state index contributed by atoms with van der Waals surface area (Å²) in [5.74, 6) is 0.664. The van der Waals surface area contributed by atoms with Gasteiger partial charge in [0.25, 0.3) is 0 Å². The SMILES string of the molecule is Cc1nn(C)c(C)c1-c1ccnc(NCCN2CCc3ccccc32)n1. The molecule has 0 spiro atoms. The summed E-state index contributed by atoms with van der Waals surface area (Å²) in [6, 6.07) is 10.6. The highest BCUT2D eigenvalue weighted by atomic mass is 15.3. The lowest BCUT2D eigenvalue weighted by Crippen LogP contribution is -2.27. The molecule has 1 aromatic carbocycles. The zero-order chi connectivity index (χ0) is 18.1. The number of benzene rings is 1. The van der Waals surface area contributed by atoms with Gasteiger partial charge >= 0.3 is 0 Å². The second-order valence-electron chi connectivity index (χ2n) is 6.73. The predicted molar refractivity (Wildman–Crippen MR) is 105 cm³/mol. The molecule has 6 heteroatoms. The van der Waals surface area contributed by atoms with Gasteiger partial charge in [-0.3, -0.25) is 4.68 Å². The molecule has 0 saturated heterocycles. The Morgan fingerprint density at radius 3 is 2.81 bits per heavy atom. The van der Waals surface area contributed by atoms with Gasteiger partial charge in [0, 0.05) is 49.8 Å². The van der Waals surface area contributed by atoms with Crippen LogP contribution in [0.1, 0.15) is 17.0 Å². The van der Waals surface area contributed by atoms with Crippen LogP contribution in [0.2, 0.25) is 0 Å². The van der Waals surface area contributed by atoms with Crippen molar-refractivity contribution in [3.63, 3.8) is 0 Å². The zero-order valence-corrected chi connectivity index (χ0v) is 15.5. The second-order valence-corrected chi connectivity index (χ2v) is 6.73. The number of para-hydroxylation sites is 1. The van der Waals surface area contributed by atoms with Crippen LogP contribution in [0.25, 0.3) is 11.3 Å². The normalized spacial score (nSPS) is 13.1. The van der Waals surface area contributed by atoms with Crippen molar-refractivity contribution in [3.05, 3.63) is 53.5 Å². The van der Waals surface area contributed by atoms with Gasteiger partial charge in [0.2, 0.25) is 5.95 Å². The van der Waals surface area contributed by atoms with Gasteiger partial charge in [0.1, 0.15) is 0 Å². The summed E-state index contributed by atoms with van der Waals surface area (Å²) in [5.41, 5.74) is 6.89. The summed E-state index contributed by atoms with van der Waals surface area (Å²) >= 11 is 0. The number of hydrogen-bond acceptors (Lipinski definition) is 5. The van der Waals surface area contributed by atoms with Crippen LogP contribution in [0, 0.1) is 13.8 Å². The van der Waals surface area contributed by atoms with Crippen molar-refractivity contribution in [1.29, 1.82) is 0 Å². The molecule has 4 rings (SSSR count). The number of hydrogen-bond donors (Lipinski definition) is 1. The third kappa shape index (κ3) is 3.03. The number of nitrogens with one attached hydrogen (secondary N) is 1. The molecule has 0 bridgehead atoms. The molecule has 1 N–H and O–H groups in total. The van der Waals surface area contributed by atoms with Crippen molar-refractivity contribution in [2.24, 2.45) is 7.05 Å². The fourth-order valence-corrected chi connectivity index (χ4v) is 3.67. The maximum absolute atomic E-state index is 4.69. The largest absolute Gasteiger partial charge is 0.369 e. The maximum Gasteiger partial charge on any atom is 0.223 e. The molecule has 0 saturated carbocycles. The van der Waals surface area contributed by atoms with Crippen LogP contribution in [0.15, 0.2) is 36.5 Å². The lowest BCUT2D eigenvalue weighted by molar-refractivity contribution is 0.731. The Morgan fingerprint density at radius 1 is 1.15 bits per heavy atom. The van der Waals surface area contributed by atoms with Crippen LogP contribution >= 0.6 is 0 Å². The predicted octanol–water partition coefficient (Wildman–Crippen LogP) is 2.97. The maximum atomic E-state index is 4.69. The van der Waals surface area contributed by atoms with Gasteiger partial charge in [-0.2, -0.15) is 5.10 Å². The first kappa shape index (κ1) is 16.6. The lowest BCUT2D eigenvalue weighted by Gasteiger charge is -2.19. The Hall–Kier alpha value is -2.89. The summed E-state index contributed by atoms with van der Waals surface area (Å²) in [6.07, 6.45) is 2.93. The summed E-state index contributed by atoms with van der Waals surface area (Å²) in [4.78, 5) is 11.5. The van der Waals surface area contributed by atoms with Crippen LogP contribution in [0.4, 0.5) is 11.6 Å². The highest BCUT2D eigenvalue weighted by Gasteiger charge is 2.18. The first-order chi connectivity index (χ1) is 12.6. The molecule has 1 aliphatic rings. The number of nitrogens with zero attached hydrogens (tertiary/aromatic N) is 5. The van der Waals surface area contributed by atoms with Gasteiger partial charge in [0.15, 0.2) is 0 Å². The fourth-order valence-electron chi connectivity index (χ4n) is 3.67. The molecular weight excluding hydrogens is 324 g/mol. The molecule has 1 aliphatic heterocycles. The smallest absolute Gasteiger partial charge is 0.223 e. The van der Waals surface area contributed by atoms with Gasteiger partial charge < -0.3 is 10.2 Å². The average Bonchev–Trinajstić information content (AvgIpc) is 3.16. The molecule has 0 amide bonds. The number of fused-ring (bicyclic) bond motifs is 1. The third-order valence-corrected chi connectivity index (χ3v) is 5.07. The number of aromatic nitrogens is 4. The van der Waals surface area contributed by atoms with E-state index < -0.39 is 0 Å². The van der Waals surface area contributed by atoms with Crippen LogP contribution in [-0.4, -0.2) is 39.4 Å². The van der Waals surface area contributed by atoms with Crippen molar-refractivity contribution >= 4 is 11.6 Å². The first-order valence-corrected chi connectivity index (χ1v) is 9.04. The Bertz CT molecular complexity index is 930. The zero-order valence-electron chi connectivity index (χ0n) is 15.5. The molecule has 134 valence electrons. The first-order valence-electron chi connectivity index (χ1n) is 9.04. The van der Waals surface area contributed by atoms with E-state index in [2.05, 4.69) is 51.5 Å². The van der Waals surface area contributed by atoms with Gasteiger partial charge in [-0.15, -0.1) is 0 Å². The molecule has 0 fully saturated rings. The standard InChI is InChI=1S/C20H24N6/c1-14-19(15(2)25(3)24-14)17-8-10-21-20(23-17)22-11-13-26-12-9-16-6-4-5-7-18(16)26/h4-8,10H,9,11-13H2,1-3H3,(H,21,22,23). The quantitative estimate of drug-likeness (QED) is 0.768. The lowest BCUT2D eigenvalue weighted by atomic mass is 10.1. The van der Waals surface area contributed by atoms with E-state index in [1.165, 1.54) is 11.3 Å². The topological polar surface area (TPSA) is 58.9 Å². The summed E-state index contributed by atoms with van der Waals surface area (Å²) in [7, 11) is 1.96. The van der Waals surface area contributed by atoms with Gasteiger partial charge in [-0.1, -0.05) is 18.2 Å². The van der Waals surface area contributed by atoms with Gasteiger partial charge in [-0.05, 0) is 38.0 Å². The number of rotatable bonds is 5. The number of aryl methyl sites for hydroxylation is 2. The Balaban J connectivity index is 1.44. The van der Waals surface area contributed by atoms with Crippen molar-refractivity contribution in [3.8, 4) is 11.3 Å². The molecule has 0 atom stereocenters. The van der Waals surface area contributed by atoms with E-state index >= 15 is 0 Å². The van der Waals surface area contributed by atoms with E-state index in [1.807, 2.05) is 30.9 Å². The summed E-state index contributed by atoms with van der Waals surface area (Å²) in [6.45, 7) is 6.91. The van der Waals surface area contributed by atoms with Crippen molar-refractivity contribution in [2.45, 2.75) is 20.3 Å². The molecule has 3 aromatic rings. The minimum Gasteiger partial charge on any atom is -0.369 e. The third-order valence-electron chi connectivity index (χ3n) is 5.07. The summed E-state index contributed by atoms with van der Waals surface area (Å²) < 4.78 is 1.89. The van der Waals surface area contributed by atoms with Crippen molar-refractivity contribution in [1.82, 2.24) is 19.7 Å². The molecule has 0 aliphatic carbocycles. The van der Waals surface area contributed by atoms with Crippen LogP contribution < -0.4 is 10.2 Å². The second kappa shape index (κ2) is 6.78. The van der Waals surface area contributed by atoms with Crippen LogP contribution in [-0.2, 0) is 13.5 Å². The molecule has 6 nitrogen and oxygen atoms in total. The average molecular weight is 348 g/mol. The molecule has 2 aromatic heterocycles.